The Balaban J connectivity index is 2.74. The van der Waals surface area contributed by atoms with E-state index in [1.54, 1.807) is 12.3 Å². The average Bonchev–Trinajstić information content (AvgIpc) is 2.48. The van der Waals surface area contributed by atoms with E-state index in [-0.39, 0.29) is 0 Å². The van der Waals surface area contributed by atoms with Crippen molar-refractivity contribution in [2.24, 2.45) is 0 Å². The fourth-order valence-corrected chi connectivity index (χ4v) is 0.772. The summed E-state index contributed by atoms with van der Waals surface area (Å²) in [6.45, 7) is 2.88. The number of aromatic nitrogens is 2. The molecule has 0 saturated carbocycles. The maximum absolute atomic E-state index is 8.23. The van der Waals surface area contributed by atoms with Crippen LogP contribution in [0.4, 0.5) is 0 Å². The lowest BCUT2D eigenvalue weighted by molar-refractivity contribution is 0.660. The number of hydrogen-bond acceptors (Lipinski definition) is 2. The van der Waals surface area contributed by atoms with Crippen molar-refractivity contribution in [3.8, 4) is 6.07 Å². The van der Waals surface area contributed by atoms with Gasteiger partial charge in [0.25, 0.3) is 0 Å². The predicted octanol–water partition coefficient (Wildman–Crippen LogP) is 1.44. The number of rotatable bonds is 2. The molecule has 0 aromatic carbocycles. The van der Waals surface area contributed by atoms with Crippen molar-refractivity contribution in [2.45, 2.75) is 13.5 Å². The molecule has 1 rings (SSSR count). The SMILES string of the molecule is CCn1cc(/C=C/C#N)cn1. The Morgan fingerprint density at radius 3 is 3.18 bits per heavy atom. The van der Waals surface area contributed by atoms with Gasteiger partial charge in [0.15, 0.2) is 0 Å². The predicted molar refractivity (Wildman–Crippen MR) is 42.5 cm³/mol. The van der Waals surface area contributed by atoms with Crippen molar-refractivity contribution in [1.29, 1.82) is 5.26 Å². The first kappa shape index (κ1) is 7.55. The van der Waals surface area contributed by atoms with Crippen LogP contribution in [0.3, 0.4) is 0 Å². The molecule has 0 saturated heterocycles. The largest absolute Gasteiger partial charge is 0.272 e. The van der Waals surface area contributed by atoms with Crippen LogP contribution in [0.1, 0.15) is 12.5 Å². The van der Waals surface area contributed by atoms with E-state index in [4.69, 9.17) is 5.26 Å². The summed E-state index contributed by atoms with van der Waals surface area (Å²) in [7, 11) is 0. The Hall–Kier alpha value is -1.56. The maximum Gasteiger partial charge on any atom is 0.0912 e. The van der Waals surface area contributed by atoms with E-state index < -0.39 is 0 Å². The van der Waals surface area contributed by atoms with E-state index in [9.17, 15) is 0 Å². The summed E-state index contributed by atoms with van der Waals surface area (Å²) in [4.78, 5) is 0. The van der Waals surface area contributed by atoms with Gasteiger partial charge in [-0.15, -0.1) is 0 Å². The van der Waals surface area contributed by atoms with E-state index in [0.29, 0.717) is 0 Å². The second-order valence-electron chi connectivity index (χ2n) is 2.09. The molecule has 1 heterocycles. The first-order valence-corrected chi connectivity index (χ1v) is 3.45. The van der Waals surface area contributed by atoms with Gasteiger partial charge >= 0.3 is 0 Å². The first-order chi connectivity index (χ1) is 5.36. The van der Waals surface area contributed by atoms with Crippen LogP contribution in [0.2, 0.25) is 0 Å². The van der Waals surface area contributed by atoms with Crippen LogP contribution >= 0.6 is 0 Å². The van der Waals surface area contributed by atoms with Crippen molar-refractivity contribution in [2.75, 3.05) is 0 Å². The van der Waals surface area contributed by atoms with Gasteiger partial charge in [0.05, 0.1) is 12.3 Å². The molecule has 1 aromatic rings. The summed E-state index contributed by atoms with van der Waals surface area (Å²) in [6, 6.07) is 1.93. The summed E-state index contributed by atoms with van der Waals surface area (Å²) in [5, 5.41) is 12.3. The number of hydrogen-bond donors (Lipinski definition) is 0. The maximum atomic E-state index is 8.23. The normalized spacial score (nSPS) is 10.2. The Morgan fingerprint density at radius 2 is 2.64 bits per heavy atom. The third kappa shape index (κ3) is 1.94. The lowest BCUT2D eigenvalue weighted by Gasteiger charge is -1.88. The van der Waals surface area contributed by atoms with Gasteiger partial charge in [0.1, 0.15) is 0 Å². The lowest BCUT2D eigenvalue weighted by Crippen LogP contribution is -1.91. The number of nitrogens with zero attached hydrogens (tertiary/aromatic N) is 3. The third-order valence-corrected chi connectivity index (χ3v) is 1.33. The van der Waals surface area contributed by atoms with Gasteiger partial charge < -0.3 is 0 Å². The van der Waals surface area contributed by atoms with Gasteiger partial charge in [-0.1, -0.05) is 0 Å². The molecule has 0 radical (unpaired) electrons. The van der Waals surface area contributed by atoms with Gasteiger partial charge in [0, 0.05) is 24.4 Å². The number of aryl methyl sites for hydroxylation is 1. The second kappa shape index (κ2) is 3.57. The van der Waals surface area contributed by atoms with Crippen molar-refractivity contribution in [3.63, 3.8) is 0 Å². The molecule has 0 N–H and O–H groups in total. The molecule has 0 spiro atoms. The van der Waals surface area contributed by atoms with Gasteiger partial charge in [-0.25, -0.2) is 0 Å². The quantitative estimate of drug-likeness (QED) is 0.594. The Morgan fingerprint density at radius 1 is 1.82 bits per heavy atom. The van der Waals surface area contributed by atoms with Gasteiger partial charge in [-0.05, 0) is 13.0 Å². The van der Waals surface area contributed by atoms with Crippen LogP contribution < -0.4 is 0 Å². The fraction of sp³-hybridized carbons (Fsp3) is 0.250. The minimum atomic E-state index is 0.862. The molecule has 0 unspecified atom stereocenters. The van der Waals surface area contributed by atoms with Gasteiger partial charge in [-0.2, -0.15) is 10.4 Å². The molecule has 1 aromatic heterocycles. The minimum absolute atomic E-state index is 0.862. The molecule has 0 aliphatic heterocycles. The topological polar surface area (TPSA) is 41.6 Å². The van der Waals surface area contributed by atoms with E-state index in [1.165, 1.54) is 6.08 Å². The molecule has 0 aliphatic rings. The molecule has 0 fully saturated rings. The van der Waals surface area contributed by atoms with Crippen molar-refractivity contribution >= 4 is 6.08 Å². The average molecular weight is 147 g/mol. The van der Waals surface area contributed by atoms with Crippen LogP contribution in [-0.4, -0.2) is 9.78 Å². The highest BCUT2D eigenvalue weighted by Gasteiger charge is 1.90. The van der Waals surface area contributed by atoms with Crippen LogP contribution in [0.25, 0.3) is 6.08 Å². The van der Waals surface area contributed by atoms with E-state index >= 15 is 0 Å². The highest BCUT2D eigenvalue weighted by molar-refractivity contribution is 5.49. The zero-order chi connectivity index (χ0) is 8.10. The number of nitriles is 1. The Bertz CT molecular complexity index is 291. The van der Waals surface area contributed by atoms with E-state index in [0.717, 1.165) is 12.1 Å². The smallest absolute Gasteiger partial charge is 0.0912 e. The summed E-state index contributed by atoms with van der Waals surface area (Å²) < 4.78 is 1.82. The molecule has 0 amide bonds. The summed E-state index contributed by atoms with van der Waals surface area (Å²) in [5.41, 5.74) is 0.966. The monoisotopic (exact) mass is 147 g/mol. The van der Waals surface area contributed by atoms with E-state index in [2.05, 4.69) is 5.10 Å². The summed E-state index contributed by atoms with van der Waals surface area (Å²) in [5.74, 6) is 0. The van der Waals surface area contributed by atoms with Crippen LogP contribution in [0.5, 0.6) is 0 Å². The van der Waals surface area contributed by atoms with E-state index in [1.807, 2.05) is 23.9 Å². The first-order valence-electron chi connectivity index (χ1n) is 3.45. The van der Waals surface area contributed by atoms with Crippen molar-refractivity contribution < 1.29 is 0 Å². The van der Waals surface area contributed by atoms with Gasteiger partial charge in [0.2, 0.25) is 0 Å². The lowest BCUT2D eigenvalue weighted by atomic mass is 10.3. The number of allylic oxidation sites excluding steroid dienone is 1. The standard InChI is InChI=1S/C8H9N3/c1-2-11-7-8(6-10-11)4-3-5-9/h3-4,6-7H,2H2,1H3/b4-3+. The van der Waals surface area contributed by atoms with Gasteiger partial charge in [-0.3, -0.25) is 4.68 Å². The molecular weight excluding hydrogens is 138 g/mol. The molecule has 11 heavy (non-hydrogen) atoms. The molecule has 3 heteroatoms. The Kier molecular flexibility index (Phi) is 2.45. The summed E-state index contributed by atoms with van der Waals surface area (Å²) >= 11 is 0. The fourth-order valence-electron chi connectivity index (χ4n) is 0.772. The van der Waals surface area contributed by atoms with Crippen LogP contribution in [-0.2, 0) is 6.54 Å². The minimum Gasteiger partial charge on any atom is -0.272 e. The third-order valence-electron chi connectivity index (χ3n) is 1.33. The zero-order valence-electron chi connectivity index (χ0n) is 6.36. The summed E-state index contributed by atoms with van der Waals surface area (Å²) in [6.07, 6.45) is 6.81. The molecule has 0 atom stereocenters. The second-order valence-corrected chi connectivity index (χ2v) is 2.09. The van der Waals surface area contributed by atoms with Crippen LogP contribution in [0.15, 0.2) is 18.5 Å². The Labute approximate surface area is 65.6 Å². The van der Waals surface area contributed by atoms with Crippen molar-refractivity contribution in [3.05, 3.63) is 24.0 Å². The highest BCUT2D eigenvalue weighted by atomic mass is 15.3. The van der Waals surface area contributed by atoms with Crippen molar-refractivity contribution in [1.82, 2.24) is 9.78 Å². The molecule has 56 valence electrons. The molecule has 0 aliphatic carbocycles. The zero-order valence-corrected chi connectivity index (χ0v) is 6.36. The van der Waals surface area contributed by atoms with Crippen LogP contribution in [0, 0.1) is 11.3 Å². The molecular formula is C8H9N3. The molecule has 0 bridgehead atoms. The highest BCUT2D eigenvalue weighted by Crippen LogP contribution is 1.99. The molecule has 3 nitrogen and oxygen atoms in total.